The molecule has 6 nitrogen and oxygen atoms in total. The first-order chi connectivity index (χ1) is 16.6. The molecule has 2 aromatic carbocycles. The van der Waals surface area contributed by atoms with Crippen molar-refractivity contribution in [3.63, 3.8) is 0 Å². The average molecular weight is 521 g/mol. The number of aromatic amines is 1. The third-order valence-corrected chi connectivity index (χ3v) is 6.47. The number of H-pyrrole nitrogens is 1. The molecule has 11 heteroatoms. The molecular formula is C24H20ClF3N4O2S. The lowest BCUT2D eigenvalue weighted by Gasteiger charge is -2.15. The Labute approximate surface area is 207 Å². The monoisotopic (exact) mass is 520 g/mol. The lowest BCUT2D eigenvalue weighted by Crippen LogP contribution is -2.26. The molecule has 0 saturated carbocycles. The van der Waals surface area contributed by atoms with E-state index in [4.69, 9.17) is 11.6 Å². The van der Waals surface area contributed by atoms with Crippen molar-refractivity contribution in [2.75, 3.05) is 11.1 Å². The maximum atomic E-state index is 13.2. The predicted molar refractivity (Wildman–Crippen MR) is 132 cm³/mol. The van der Waals surface area contributed by atoms with E-state index in [0.717, 1.165) is 35.0 Å². The first kappa shape index (κ1) is 24.9. The summed E-state index contributed by atoms with van der Waals surface area (Å²) in [6, 6.07) is 12.4. The van der Waals surface area contributed by atoms with Crippen molar-refractivity contribution in [3.8, 4) is 11.1 Å². The van der Waals surface area contributed by atoms with Crippen LogP contribution in [0.5, 0.6) is 0 Å². The number of aromatic nitrogens is 3. The Morgan fingerprint density at radius 3 is 2.57 bits per heavy atom. The number of benzene rings is 2. The van der Waals surface area contributed by atoms with Gasteiger partial charge in [-0.3, -0.25) is 14.2 Å². The number of nitrogens with zero attached hydrogens (tertiary/aromatic N) is 2. The summed E-state index contributed by atoms with van der Waals surface area (Å²) in [6.45, 7) is 3.65. The van der Waals surface area contributed by atoms with Crippen molar-refractivity contribution >= 4 is 46.0 Å². The summed E-state index contributed by atoms with van der Waals surface area (Å²) >= 11 is 6.67. The molecule has 0 radical (unpaired) electrons. The number of fused-ring (bicyclic) bond motifs is 1. The SMILES string of the molecule is CC(C)n1c(SCC(=O)Nc2ccc(Cl)c(C(F)(F)F)c2)nc2c(-c3ccccc3)c[nH]c2c1=O. The topological polar surface area (TPSA) is 79.8 Å². The Kier molecular flexibility index (Phi) is 6.95. The van der Waals surface area contributed by atoms with Gasteiger partial charge in [-0.1, -0.05) is 53.7 Å². The fourth-order valence-corrected chi connectivity index (χ4v) is 4.74. The van der Waals surface area contributed by atoms with Crippen LogP contribution in [0.3, 0.4) is 0 Å². The molecule has 0 spiro atoms. The van der Waals surface area contributed by atoms with Crippen LogP contribution in [0.1, 0.15) is 25.5 Å². The fourth-order valence-electron chi connectivity index (χ4n) is 3.59. The van der Waals surface area contributed by atoms with Crippen LogP contribution in [0.2, 0.25) is 5.02 Å². The summed E-state index contributed by atoms with van der Waals surface area (Å²) in [7, 11) is 0. The van der Waals surface area contributed by atoms with Crippen LogP contribution in [-0.4, -0.2) is 26.2 Å². The lowest BCUT2D eigenvalue weighted by molar-refractivity contribution is -0.137. The van der Waals surface area contributed by atoms with Gasteiger partial charge in [-0.25, -0.2) is 4.98 Å². The van der Waals surface area contributed by atoms with E-state index in [1.807, 2.05) is 44.2 Å². The van der Waals surface area contributed by atoms with Gasteiger partial charge in [-0.2, -0.15) is 13.2 Å². The van der Waals surface area contributed by atoms with Gasteiger partial charge in [-0.15, -0.1) is 0 Å². The Morgan fingerprint density at radius 2 is 1.91 bits per heavy atom. The molecule has 0 aliphatic rings. The molecule has 4 aromatic rings. The number of hydrogen-bond donors (Lipinski definition) is 2. The highest BCUT2D eigenvalue weighted by atomic mass is 35.5. The number of halogens is 4. The van der Waals surface area contributed by atoms with E-state index in [1.165, 1.54) is 10.6 Å². The molecule has 35 heavy (non-hydrogen) atoms. The van der Waals surface area contributed by atoms with E-state index in [1.54, 1.807) is 6.20 Å². The molecule has 0 aliphatic heterocycles. The van der Waals surface area contributed by atoms with Gasteiger partial charge in [0.25, 0.3) is 5.56 Å². The average Bonchev–Trinajstić information content (AvgIpc) is 3.23. The first-order valence-electron chi connectivity index (χ1n) is 10.5. The molecule has 0 unspecified atom stereocenters. The fraction of sp³-hybridized carbons (Fsp3) is 0.208. The van der Waals surface area contributed by atoms with Gasteiger partial charge in [-0.05, 0) is 37.6 Å². The van der Waals surface area contributed by atoms with Crippen LogP contribution < -0.4 is 10.9 Å². The molecule has 2 N–H and O–H groups in total. The minimum absolute atomic E-state index is 0.0333. The third-order valence-electron chi connectivity index (χ3n) is 5.19. The number of nitrogens with one attached hydrogen (secondary N) is 2. The molecule has 4 rings (SSSR count). The highest BCUT2D eigenvalue weighted by Gasteiger charge is 2.33. The standard InChI is InChI=1S/C24H20ClF3N4O2S/c1-13(2)32-22(34)21-20(16(11-29-21)14-6-4-3-5-7-14)31-23(32)35-12-19(33)30-15-8-9-18(25)17(10-15)24(26,27)28/h3-11,13,29H,12H2,1-2H3,(H,30,33). The number of thioether (sulfide) groups is 1. The molecular weight excluding hydrogens is 501 g/mol. The number of anilines is 1. The Balaban J connectivity index is 1.62. The van der Waals surface area contributed by atoms with Gasteiger partial charge >= 0.3 is 6.18 Å². The molecule has 1 amide bonds. The van der Waals surface area contributed by atoms with Gasteiger partial charge in [0.05, 0.1) is 16.3 Å². The zero-order valence-electron chi connectivity index (χ0n) is 18.6. The van der Waals surface area contributed by atoms with Gasteiger partial charge in [0, 0.05) is 23.5 Å². The molecule has 0 saturated heterocycles. The largest absolute Gasteiger partial charge is 0.417 e. The maximum Gasteiger partial charge on any atom is 0.417 e. The Hall–Kier alpha value is -3.24. The molecule has 182 valence electrons. The van der Waals surface area contributed by atoms with Crippen molar-refractivity contribution in [1.29, 1.82) is 0 Å². The van der Waals surface area contributed by atoms with E-state index < -0.39 is 22.7 Å². The minimum atomic E-state index is -4.65. The third kappa shape index (κ3) is 5.23. The molecule has 2 aromatic heterocycles. The molecule has 2 heterocycles. The van der Waals surface area contributed by atoms with Crippen molar-refractivity contribution < 1.29 is 18.0 Å². The van der Waals surface area contributed by atoms with E-state index in [9.17, 15) is 22.8 Å². The van der Waals surface area contributed by atoms with Gasteiger partial charge in [0.1, 0.15) is 11.0 Å². The van der Waals surface area contributed by atoms with Crippen molar-refractivity contribution in [2.24, 2.45) is 0 Å². The second-order valence-corrected chi connectivity index (χ2v) is 9.33. The van der Waals surface area contributed by atoms with E-state index >= 15 is 0 Å². The first-order valence-corrected chi connectivity index (χ1v) is 11.9. The summed E-state index contributed by atoms with van der Waals surface area (Å²) in [5.41, 5.74) is 1.12. The second-order valence-electron chi connectivity index (χ2n) is 7.98. The van der Waals surface area contributed by atoms with Crippen LogP contribution >= 0.6 is 23.4 Å². The maximum absolute atomic E-state index is 13.2. The summed E-state index contributed by atoms with van der Waals surface area (Å²) in [6.07, 6.45) is -2.93. The number of amides is 1. The summed E-state index contributed by atoms with van der Waals surface area (Å²) in [5, 5.41) is 2.32. The Bertz CT molecular complexity index is 1450. The summed E-state index contributed by atoms with van der Waals surface area (Å²) in [5.74, 6) is -0.716. The van der Waals surface area contributed by atoms with E-state index in [0.29, 0.717) is 16.2 Å². The lowest BCUT2D eigenvalue weighted by atomic mass is 10.1. The second kappa shape index (κ2) is 9.79. The smallest absolute Gasteiger partial charge is 0.355 e. The van der Waals surface area contributed by atoms with Gasteiger partial charge < -0.3 is 10.3 Å². The summed E-state index contributed by atoms with van der Waals surface area (Å²) < 4.78 is 40.8. The van der Waals surface area contributed by atoms with Crippen LogP contribution in [-0.2, 0) is 11.0 Å². The Morgan fingerprint density at radius 1 is 1.20 bits per heavy atom. The van der Waals surface area contributed by atoms with Crippen molar-refractivity contribution in [1.82, 2.24) is 14.5 Å². The molecule has 0 bridgehead atoms. The van der Waals surface area contributed by atoms with Crippen molar-refractivity contribution in [2.45, 2.75) is 31.2 Å². The zero-order chi connectivity index (χ0) is 25.3. The number of rotatable bonds is 6. The minimum Gasteiger partial charge on any atom is -0.355 e. The highest BCUT2D eigenvalue weighted by Crippen LogP contribution is 2.36. The number of carbonyl (C=O) groups excluding carboxylic acids is 1. The van der Waals surface area contributed by atoms with Crippen LogP contribution in [0, 0.1) is 0 Å². The predicted octanol–water partition coefficient (Wildman–Crippen LogP) is 6.38. The van der Waals surface area contributed by atoms with E-state index in [-0.39, 0.29) is 23.0 Å². The highest BCUT2D eigenvalue weighted by molar-refractivity contribution is 7.99. The molecule has 0 fully saturated rings. The molecule has 0 atom stereocenters. The van der Waals surface area contributed by atoms with Crippen LogP contribution in [0.4, 0.5) is 18.9 Å². The quantitative estimate of drug-likeness (QED) is 0.228. The van der Waals surface area contributed by atoms with Gasteiger partial charge in [0.15, 0.2) is 5.16 Å². The number of alkyl halides is 3. The van der Waals surface area contributed by atoms with Crippen molar-refractivity contribution in [3.05, 3.63) is 75.7 Å². The molecule has 0 aliphatic carbocycles. The number of carbonyl (C=O) groups is 1. The number of hydrogen-bond acceptors (Lipinski definition) is 4. The van der Waals surface area contributed by atoms with E-state index in [2.05, 4.69) is 15.3 Å². The normalized spacial score (nSPS) is 11.9. The summed E-state index contributed by atoms with van der Waals surface area (Å²) in [4.78, 5) is 33.4. The zero-order valence-corrected chi connectivity index (χ0v) is 20.2. The van der Waals surface area contributed by atoms with Crippen LogP contribution in [0.15, 0.2) is 64.7 Å². The van der Waals surface area contributed by atoms with Gasteiger partial charge in [0.2, 0.25) is 5.91 Å². The van der Waals surface area contributed by atoms with Crippen LogP contribution in [0.25, 0.3) is 22.2 Å².